The van der Waals surface area contributed by atoms with Crippen LogP contribution in [-0.4, -0.2) is 49.8 Å². The number of ether oxygens (including phenoxy) is 2. The van der Waals surface area contributed by atoms with Crippen molar-refractivity contribution in [2.45, 2.75) is 44.6 Å². The smallest absolute Gasteiger partial charge is 0.223 e. The minimum Gasteiger partial charge on any atom is -0.377 e. The Kier molecular flexibility index (Phi) is 5.54. The first-order valence-corrected chi connectivity index (χ1v) is 8.98. The second-order valence-electron chi connectivity index (χ2n) is 7.20. The molecule has 2 fully saturated rings. The van der Waals surface area contributed by atoms with Crippen LogP contribution in [0.2, 0.25) is 0 Å². The molecule has 3 unspecified atom stereocenters. The number of fused-ring (bicyclic) bond motifs is 1. The van der Waals surface area contributed by atoms with Crippen molar-refractivity contribution in [3.8, 4) is 0 Å². The average Bonchev–Trinajstić information content (AvgIpc) is 3.07. The van der Waals surface area contributed by atoms with Gasteiger partial charge in [-0.25, -0.2) is 0 Å². The predicted molar refractivity (Wildman–Crippen MR) is 90.1 cm³/mol. The molecule has 1 aliphatic carbocycles. The highest BCUT2D eigenvalue weighted by Crippen LogP contribution is 2.41. The Morgan fingerprint density at radius 1 is 1.48 bits per heavy atom. The van der Waals surface area contributed by atoms with E-state index in [1.807, 2.05) is 0 Å². The Bertz CT molecular complexity index is 462. The van der Waals surface area contributed by atoms with Gasteiger partial charge in [0.1, 0.15) is 0 Å². The number of piperidine rings is 1. The number of hydrogen-bond acceptors (Lipinski definition) is 3. The predicted octanol–water partition coefficient (Wildman–Crippen LogP) is 2.94. The van der Waals surface area contributed by atoms with Crippen molar-refractivity contribution in [3.63, 3.8) is 0 Å². The highest BCUT2D eigenvalue weighted by Gasteiger charge is 2.47. The Hall–Kier alpha value is -1.13. The molecule has 3 atom stereocenters. The Morgan fingerprint density at radius 2 is 2.39 bits per heavy atom. The second-order valence-corrected chi connectivity index (χ2v) is 7.20. The first kappa shape index (κ1) is 16.7. The van der Waals surface area contributed by atoms with Gasteiger partial charge in [0, 0.05) is 31.5 Å². The molecule has 0 bridgehead atoms. The standard InChI is InChI=1S/C19H29NO3/c1-2-11-22-15-19-9-5-12-23-17(19)8-10-20(14-19)18(21)13-16-6-3-4-7-16/h2-3,6,16-17H,1,4-5,7-15H2. The lowest BCUT2D eigenvalue weighted by Crippen LogP contribution is -2.58. The van der Waals surface area contributed by atoms with Gasteiger partial charge in [-0.3, -0.25) is 4.79 Å². The minimum absolute atomic E-state index is 0.0271. The van der Waals surface area contributed by atoms with Gasteiger partial charge in [-0.2, -0.15) is 0 Å². The molecule has 2 aliphatic heterocycles. The first-order valence-electron chi connectivity index (χ1n) is 8.98. The molecule has 128 valence electrons. The summed E-state index contributed by atoms with van der Waals surface area (Å²) in [6.45, 7) is 7.39. The Labute approximate surface area is 139 Å². The van der Waals surface area contributed by atoms with Crippen molar-refractivity contribution >= 4 is 5.91 Å². The number of carbonyl (C=O) groups is 1. The molecule has 0 spiro atoms. The van der Waals surface area contributed by atoms with Gasteiger partial charge >= 0.3 is 0 Å². The van der Waals surface area contributed by atoms with E-state index in [1.54, 1.807) is 6.08 Å². The van der Waals surface area contributed by atoms with Crippen LogP contribution in [0.15, 0.2) is 24.8 Å². The maximum atomic E-state index is 12.7. The van der Waals surface area contributed by atoms with E-state index in [0.717, 1.165) is 51.8 Å². The maximum Gasteiger partial charge on any atom is 0.223 e. The quantitative estimate of drug-likeness (QED) is 0.558. The van der Waals surface area contributed by atoms with E-state index in [-0.39, 0.29) is 11.5 Å². The van der Waals surface area contributed by atoms with Crippen molar-refractivity contribution in [1.29, 1.82) is 0 Å². The summed E-state index contributed by atoms with van der Waals surface area (Å²) in [4.78, 5) is 14.8. The van der Waals surface area contributed by atoms with E-state index in [2.05, 4.69) is 23.6 Å². The summed E-state index contributed by atoms with van der Waals surface area (Å²) in [5.41, 5.74) is -0.0271. The molecule has 1 amide bonds. The summed E-state index contributed by atoms with van der Waals surface area (Å²) in [7, 11) is 0. The van der Waals surface area contributed by atoms with Crippen LogP contribution in [0.1, 0.15) is 38.5 Å². The monoisotopic (exact) mass is 319 g/mol. The molecule has 2 heterocycles. The van der Waals surface area contributed by atoms with Gasteiger partial charge in [-0.15, -0.1) is 6.58 Å². The lowest BCUT2D eigenvalue weighted by Gasteiger charge is -2.50. The van der Waals surface area contributed by atoms with Crippen LogP contribution in [0.4, 0.5) is 0 Å². The highest BCUT2D eigenvalue weighted by molar-refractivity contribution is 5.77. The molecule has 3 aliphatic rings. The molecular formula is C19H29NO3. The van der Waals surface area contributed by atoms with Crippen LogP contribution in [0, 0.1) is 11.3 Å². The van der Waals surface area contributed by atoms with Gasteiger partial charge in [-0.1, -0.05) is 18.2 Å². The van der Waals surface area contributed by atoms with E-state index in [4.69, 9.17) is 9.47 Å². The average molecular weight is 319 g/mol. The first-order chi connectivity index (χ1) is 11.2. The number of carbonyl (C=O) groups excluding carboxylic acids is 1. The summed E-state index contributed by atoms with van der Waals surface area (Å²) in [6.07, 6.45) is 12.4. The molecule has 0 aromatic carbocycles. The van der Waals surface area contributed by atoms with E-state index in [0.29, 0.717) is 31.5 Å². The summed E-state index contributed by atoms with van der Waals surface area (Å²) >= 11 is 0. The van der Waals surface area contributed by atoms with Crippen molar-refractivity contribution in [2.75, 3.05) is 32.9 Å². The third kappa shape index (κ3) is 3.86. The van der Waals surface area contributed by atoms with Crippen LogP contribution in [0.25, 0.3) is 0 Å². The summed E-state index contributed by atoms with van der Waals surface area (Å²) in [5.74, 6) is 0.740. The molecule has 0 radical (unpaired) electrons. The van der Waals surface area contributed by atoms with E-state index in [1.165, 1.54) is 0 Å². The van der Waals surface area contributed by atoms with E-state index in [9.17, 15) is 4.79 Å². The zero-order chi connectivity index (χ0) is 16.1. The highest BCUT2D eigenvalue weighted by atomic mass is 16.5. The number of nitrogens with zero attached hydrogens (tertiary/aromatic N) is 1. The fourth-order valence-electron chi connectivity index (χ4n) is 4.28. The maximum absolute atomic E-state index is 12.7. The minimum atomic E-state index is -0.0271. The lowest BCUT2D eigenvalue weighted by atomic mass is 9.73. The molecule has 0 saturated carbocycles. The number of rotatable bonds is 6. The van der Waals surface area contributed by atoms with Crippen LogP contribution < -0.4 is 0 Å². The van der Waals surface area contributed by atoms with Gasteiger partial charge in [0.15, 0.2) is 0 Å². The van der Waals surface area contributed by atoms with Crippen molar-refractivity contribution in [1.82, 2.24) is 4.90 Å². The topological polar surface area (TPSA) is 38.8 Å². The lowest BCUT2D eigenvalue weighted by molar-refractivity contribution is -0.164. The van der Waals surface area contributed by atoms with E-state index < -0.39 is 0 Å². The normalized spacial score (nSPS) is 33.5. The molecule has 0 aromatic heterocycles. The van der Waals surface area contributed by atoms with Gasteiger partial charge in [0.25, 0.3) is 0 Å². The molecular weight excluding hydrogens is 290 g/mol. The molecule has 3 rings (SSSR count). The SMILES string of the molecule is C=CCOCC12CCCOC1CCN(C(=O)CC1C=CCC1)C2. The summed E-state index contributed by atoms with van der Waals surface area (Å²) < 4.78 is 11.8. The molecule has 4 heteroatoms. The fourth-order valence-corrected chi connectivity index (χ4v) is 4.28. The molecule has 4 nitrogen and oxygen atoms in total. The molecule has 0 N–H and O–H groups in total. The molecule has 0 aromatic rings. The number of amides is 1. The van der Waals surface area contributed by atoms with Gasteiger partial charge in [0.2, 0.25) is 5.91 Å². The van der Waals surface area contributed by atoms with Crippen LogP contribution in [0.3, 0.4) is 0 Å². The van der Waals surface area contributed by atoms with Crippen LogP contribution in [-0.2, 0) is 14.3 Å². The largest absolute Gasteiger partial charge is 0.377 e. The zero-order valence-corrected chi connectivity index (χ0v) is 14.0. The fraction of sp³-hybridized carbons (Fsp3) is 0.737. The number of likely N-dealkylation sites (tertiary alicyclic amines) is 1. The van der Waals surface area contributed by atoms with Gasteiger partial charge < -0.3 is 14.4 Å². The zero-order valence-electron chi connectivity index (χ0n) is 14.0. The summed E-state index contributed by atoms with van der Waals surface area (Å²) in [5, 5.41) is 0. The third-order valence-electron chi connectivity index (χ3n) is 5.52. The number of hydrogen-bond donors (Lipinski definition) is 0. The van der Waals surface area contributed by atoms with Crippen molar-refractivity contribution < 1.29 is 14.3 Å². The second kappa shape index (κ2) is 7.63. The van der Waals surface area contributed by atoms with Crippen LogP contribution >= 0.6 is 0 Å². The molecule has 2 saturated heterocycles. The van der Waals surface area contributed by atoms with Crippen molar-refractivity contribution in [2.24, 2.45) is 11.3 Å². The van der Waals surface area contributed by atoms with Crippen LogP contribution in [0.5, 0.6) is 0 Å². The Balaban J connectivity index is 1.63. The summed E-state index contributed by atoms with van der Waals surface area (Å²) in [6, 6.07) is 0. The Morgan fingerprint density at radius 3 is 3.17 bits per heavy atom. The third-order valence-corrected chi connectivity index (χ3v) is 5.52. The van der Waals surface area contributed by atoms with Gasteiger partial charge in [0.05, 0.1) is 19.3 Å². The number of allylic oxidation sites excluding steroid dienone is 2. The molecule has 23 heavy (non-hydrogen) atoms. The van der Waals surface area contributed by atoms with Crippen molar-refractivity contribution in [3.05, 3.63) is 24.8 Å². The van der Waals surface area contributed by atoms with Gasteiger partial charge in [-0.05, 0) is 38.0 Å². The van der Waals surface area contributed by atoms with E-state index >= 15 is 0 Å².